The van der Waals surface area contributed by atoms with Gasteiger partial charge in [-0.3, -0.25) is 4.79 Å². The summed E-state index contributed by atoms with van der Waals surface area (Å²) in [6.45, 7) is 0. The molecule has 0 bridgehead atoms. The zero-order valence-electron chi connectivity index (χ0n) is 9.27. The van der Waals surface area contributed by atoms with Crippen molar-refractivity contribution in [3.8, 4) is 0 Å². The van der Waals surface area contributed by atoms with Crippen LogP contribution in [0.1, 0.15) is 25.7 Å². The summed E-state index contributed by atoms with van der Waals surface area (Å²) in [5.41, 5.74) is 0. The van der Waals surface area contributed by atoms with Crippen LogP contribution in [0.15, 0.2) is 0 Å². The van der Waals surface area contributed by atoms with Gasteiger partial charge in [0, 0.05) is 7.05 Å². The van der Waals surface area contributed by atoms with Crippen LogP contribution >= 0.6 is 0 Å². The highest BCUT2D eigenvalue weighted by Gasteiger charge is 2.31. The quantitative estimate of drug-likeness (QED) is 0.531. The van der Waals surface area contributed by atoms with Gasteiger partial charge >= 0.3 is 6.09 Å². The number of nitrogens with one attached hydrogen (secondary N) is 2. The van der Waals surface area contributed by atoms with Crippen LogP contribution in [-0.4, -0.2) is 41.4 Å². The Bertz CT molecular complexity index is 266. The second kappa shape index (κ2) is 5.69. The number of aliphatic hydroxyl groups is 1. The smallest absolute Gasteiger partial charge is 0.404 e. The number of carbonyl (C=O) groups is 2. The van der Waals surface area contributed by atoms with Crippen LogP contribution in [0.25, 0.3) is 0 Å². The number of rotatable bonds is 5. The Hall–Kier alpha value is -1.30. The maximum Gasteiger partial charge on any atom is 0.404 e. The van der Waals surface area contributed by atoms with Crippen molar-refractivity contribution in [3.05, 3.63) is 0 Å². The van der Waals surface area contributed by atoms with Crippen molar-refractivity contribution >= 4 is 12.0 Å². The predicted molar refractivity (Wildman–Crippen MR) is 57.0 cm³/mol. The standard InChI is InChI=1S/C10H18N2O4/c1-11-9(14)8(13)7(12-10(15)16)5-6-3-2-4-6/h6-8,12-13H,2-5H2,1H3,(H,11,14)(H,15,16). The molecule has 0 aliphatic heterocycles. The molecule has 1 rings (SSSR count). The molecule has 6 nitrogen and oxygen atoms in total. The molecule has 0 spiro atoms. The van der Waals surface area contributed by atoms with Crippen molar-refractivity contribution < 1.29 is 19.8 Å². The molecule has 0 saturated heterocycles. The summed E-state index contributed by atoms with van der Waals surface area (Å²) in [7, 11) is 1.41. The number of hydrogen-bond donors (Lipinski definition) is 4. The van der Waals surface area contributed by atoms with Gasteiger partial charge in [0.15, 0.2) is 6.10 Å². The van der Waals surface area contributed by atoms with Crippen molar-refractivity contribution in [2.24, 2.45) is 5.92 Å². The summed E-state index contributed by atoms with van der Waals surface area (Å²) < 4.78 is 0. The maximum atomic E-state index is 11.2. The van der Waals surface area contributed by atoms with Crippen LogP contribution in [0.5, 0.6) is 0 Å². The van der Waals surface area contributed by atoms with E-state index < -0.39 is 24.1 Å². The number of hydrogen-bond acceptors (Lipinski definition) is 3. The third-order valence-electron chi connectivity index (χ3n) is 3.02. The van der Waals surface area contributed by atoms with E-state index in [-0.39, 0.29) is 0 Å². The predicted octanol–water partition coefficient (Wildman–Crippen LogP) is -0.0803. The number of carboxylic acid groups (broad SMARTS) is 1. The molecule has 1 aliphatic carbocycles. The van der Waals surface area contributed by atoms with E-state index in [9.17, 15) is 14.7 Å². The molecule has 2 atom stereocenters. The molecular formula is C10H18N2O4. The topological polar surface area (TPSA) is 98.7 Å². The van der Waals surface area contributed by atoms with Gasteiger partial charge in [0.2, 0.25) is 0 Å². The third kappa shape index (κ3) is 3.37. The molecule has 2 amide bonds. The lowest BCUT2D eigenvalue weighted by atomic mass is 9.80. The third-order valence-corrected chi connectivity index (χ3v) is 3.02. The first-order valence-electron chi connectivity index (χ1n) is 5.43. The van der Waals surface area contributed by atoms with Gasteiger partial charge in [-0.05, 0) is 12.3 Å². The molecule has 0 aromatic rings. The summed E-state index contributed by atoms with van der Waals surface area (Å²) in [5.74, 6) is -0.144. The molecule has 6 heteroatoms. The van der Waals surface area contributed by atoms with Gasteiger partial charge in [0.1, 0.15) is 0 Å². The highest BCUT2D eigenvalue weighted by atomic mass is 16.4. The Morgan fingerprint density at radius 1 is 1.44 bits per heavy atom. The molecule has 16 heavy (non-hydrogen) atoms. The number of aliphatic hydroxyl groups excluding tert-OH is 1. The summed E-state index contributed by atoms with van der Waals surface area (Å²) in [6.07, 6.45) is 1.20. The van der Waals surface area contributed by atoms with Crippen LogP contribution in [-0.2, 0) is 4.79 Å². The molecule has 0 aromatic carbocycles. The highest BCUT2D eigenvalue weighted by molar-refractivity contribution is 5.81. The van der Waals surface area contributed by atoms with E-state index in [2.05, 4.69) is 10.6 Å². The van der Waals surface area contributed by atoms with Crippen molar-refractivity contribution in [1.29, 1.82) is 0 Å². The second-order valence-electron chi connectivity index (χ2n) is 4.15. The van der Waals surface area contributed by atoms with Crippen molar-refractivity contribution in [3.63, 3.8) is 0 Å². The Kier molecular flexibility index (Phi) is 4.54. The van der Waals surface area contributed by atoms with Crippen molar-refractivity contribution in [2.75, 3.05) is 7.05 Å². The average Bonchev–Trinajstić information content (AvgIpc) is 2.18. The normalized spacial score (nSPS) is 19.4. The summed E-state index contributed by atoms with van der Waals surface area (Å²) in [6, 6.07) is -0.720. The van der Waals surface area contributed by atoms with Crippen molar-refractivity contribution in [1.82, 2.24) is 10.6 Å². The fourth-order valence-corrected chi connectivity index (χ4v) is 1.84. The molecule has 0 aromatic heterocycles. The minimum absolute atomic E-state index is 0.413. The van der Waals surface area contributed by atoms with E-state index >= 15 is 0 Å². The molecule has 1 aliphatic rings. The molecule has 0 radical (unpaired) electrons. The van der Waals surface area contributed by atoms with E-state index in [0.29, 0.717) is 12.3 Å². The average molecular weight is 230 g/mol. The van der Waals surface area contributed by atoms with Crippen molar-refractivity contribution in [2.45, 2.75) is 37.8 Å². The molecule has 4 N–H and O–H groups in total. The van der Waals surface area contributed by atoms with E-state index in [1.807, 2.05) is 0 Å². The number of likely N-dealkylation sites (N-methyl/N-ethyl adjacent to an activating group) is 1. The van der Waals surface area contributed by atoms with Gasteiger partial charge in [-0.2, -0.15) is 0 Å². The highest BCUT2D eigenvalue weighted by Crippen LogP contribution is 2.31. The van der Waals surface area contributed by atoms with Crippen LogP contribution in [0.4, 0.5) is 4.79 Å². The SMILES string of the molecule is CNC(=O)C(O)C(CC1CCC1)NC(=O)O. The van der Waals surface area contributed by atoms with Gasteiger partial charge in [0.05, 0.1) is 6.04 Å². The zero-order chi connectivity index (χ0) is 12.1. The summed E-state index contributed by atoms with van der Waals surface area (Å²) in [5, 5.41) is 22.8. The Morgan fingerprint density at radius 3 is 2.44 bits per heavy atom. The Morgan fingerprint density at radius 2 is 2.06 bits per heavy atom. The maximum absolute atomic E-state index is 11.2. The minimum atomic E-state index is -1.32. The lowest BCUT2D eigenvalue weighted by molar-refractivity contribution is -0.130. The molecule has 1 saturated carbocycles. The molecule has 92 valence electrons. The van der Waals surface area contributed by atoms with E-state index in [1.165, 1.54) is 7.05 Å². The molecule has 0 heterocycles. The first-order valence-corrected chi connectivity index (χ1v) is 5.43. The zero-order valence-corrected chi connectivity index (χ0v) is 9.27. The van der Waals surface area contributed by atoms with E-state index in [1.54, 1.807) is 0 Å². The van der Waals surface area contributed by atoms with Crippen LogP contribution in [0, 0.1) is 5.92 Å². The largest absolute Gasteiger partial charge is 0.465 e. The van der Waals surface area contributed by atoms with Crippen LogP contribution < -0.4 is 10.6 Å². The summed E-state index contributed by atoms with van der Waals surface area (Å²) >= 11 is 0. The van der Waals surface area contributed by atoms with Crippen LogP contribution in [0.2, 0.25) is 0 Å². The molecule has 1 fully saturated rings. The van der Waals surface area contributed by atoms with Gasteiger partial charge in [0.25, 0.3) is 5.91 Å². The number of carbonyl (C=O) groups excluding carboxylic acids is 1. The first-order chi connectivity index (χ1) is 7.54. The van der Waals surface area contributed by atoms with Crippen LogP contribution in [0.3, 0.4) is 0 Å². The van der Waals surface area contributed by atoms with Gasteiger partial charge in [-0.1, -0.05) is 19.3 Å². The first kappa shape index (κ1) is 12.8. The molecular weight excluding hydrogens is 212 g/mol. The summed E-state index contributed by atoms with van der Waals surface area (Å²) in [4.78, 5) is 21.8. The number of amides is 2. The lowest BCUT2D eigenvalue weighted by Gasteiger charge is -2.31. The Labute approximate surface area is 94.0 Å². The lowest BCUT2D eigenvalue weighted by Crippen LogP contribution is -2.50. The second-order valence-corrected chi connectivity index (χ2v) is 4.15. The minimum Gasteiger partial charge on any atom is -0.465 e. The van der Waals surface area contributed by atoms with Gasteiger partial charge in [-0.25, -0.2) is 4.79 Å². The van der Waals surface area contributed by atoms with E-state index in [0.717, 1.165) is 19.3 Å². The molecule has 2 unspecified atom stereocenters. The fourth-order valence-electron chi connectivity index (χ4n) is 1.84. The van der Waals surface area contributed by atoms with Gasteiger partial charge in [-0.15, -0.1) is 0 Å². The fraction of sp³-hybridized carbons (Fsp3) is 0.800. The van der Waals surface area contributed by atoms with Gasteiger partial charge < -0.3 is 20.8 Å². The van der Waals surface area contributed by atoms with E-state index in [4.69, 9.17) is 5.11 Å². The Balaban J connectivity index is 2.53. The monoisotopic (exact) mass is 230 g/mol.